The van der Waals surface area contributed by atoms with Crippen LogP contribution in [0.1, 0.15) is 18.1 Å². The maximum atomic E-state index is 12.7. The minimum absolute atomic E-state index is 0. The summed E-state index contributed by atoms with van der Waals surface area (Å²) in [5.74, 6) is 0. The molecule has 0 aliphatic carbocycles. The fraction of sp³-hybridized carbons (Fsp3) is 0.538. The Kier molecular flexibility index (Phi) is 6.13. The van der Waals surface area contributed by atoms with Gasteiger partial charge in [0.2, 0.25) is 0 Å². The molecule has 1 atom stereocenters. The third-order valence-electron chi connectivity index (χ3n) is 3.22. The first-order valence-electron chi connectivity index (χ1n) is 6.17. The lowest BCUT2D eigenvalue weighted by molar-refractivity contribution is -0.137. The van der Waals surface area contributed by atoms with Gasteiger partial charge in [0, 0.05) is 37.2 Å². The van der Waals surface area contributed by atoms with Crippen LogP contribution in [-0.2, 0) is 12.7 Å². The molecule has 1 fully saturated rings. The molecule has 0 saturated carbocycles. The Hall–Kier alpha value is -0.490. The molecular formula is C13H17Cl2F3N2. The first-order valence-corrected chi connectivity index (χ1v) is 6.55. The lowest BCUT2D eigenvalue weighted by Crippen LogP contribution is -2.48. The molecular weight excluding hydrogens is 312 g/mol. The molecule has 1 saturated heterocycles. The number of rotatable bonds is 2. The van der Waals surface area contributed by atoms with Crippen molar-refractivity contribution >= 4 is 24.0 Å². The molecule has 0 bridgehead atoms. The molecule has 20 heavy (non-hydrogen) atoms. The molecule has 0 unspecified atom stereocenters. The number of hydrogen-bond donors (Lipinski definition) is 1. The van der Waals surface area contributed by atoms with Crippen molar-refractivity contribution in [3.05, 3.63) is 34.3 Å². The van der Waals surface area contributed by atoms with Crippen molar-refractivity contribution < 1.29 is 13.2 Å². The van der Waals surface area contributed by atoms with Crippen molar-refractivity contribution in [1.82, 2.24) is 10.2 Å². The highest BCUT2D eigenvalue weighted by atomic mass is 35.5. The van der Waals surface area contributed by atoms with E-state index in [0.717, 1.165) is 31.8 Å². The van der Waals surface area contributed by atoms with Gasteiger partial charge < -0.3 is 5.32 Å². The third kappa shape index (κ3) is 4.52. The van der Waals surface area contributed by atoms with Gasteiger partial charge in [-0.1, -0.05) is 11.6 Å². The first kappa shape index (κ1) is 17.6. The largest absolute Gasteiger partial charge is 0.416 e. The van der Waals surface area contributed by atoms with Gasteiger partial charge in [-0.2, -0.15) is 13.2 Å². The molecule has 0 spiro atoms. The van der Waals surface area contributed by atoms with Crippen LogP contribution >= 0.6 is 24.0 Å². The standard InChI is InChI=1S/C13H16ClF3N2.ClH/c1-9-7-19(5-4-18-9)8-10-6-11(13(15,16)17)2-3-12(10)14;/h2-3,6,9,18H,4-5,7-8H2,1H3;1H/t9-;/m1./s1. The van der Waals surface area contributed by atoms with Gasteiger partial charge in [0.15, 0.2) is 0 Å². The van der Waals surface area contributed by atoms with Crippen LogP contribution in [0.4, 0.5) is 13.2 Å². The number of nitrogens with zero attached hydrogens (tertiary/aromatic N) is 1. The molecule has 1 aromatic carbocycles. The van der Waals surface area contributed by atoms with Gasteiger partial charge in [-0.15, -0.1) is 12.4 Å². The molecule has 1 heterocycles. The van der Waals surface area contributed by atoms with Crippen LogP contribution in [0.5, 0.6) is 0 Å². The number of halogens is 5. The normalized spacial score (nSPS) is 20.6. The Morgan fingerprint density at radius 1 is 1.40 bits per heavy atom. The smallest absolute Gasteiger partial charge is 0.312 e. The lowest BCUT2D eigenvalue weighted by Gasteiger charge is -2.32. The van der Waals surface area contributed by atoms with E-state index in [0.29, 0.717) is 23.2 Å². The molecule has 2 rings (SSSR count). The summed E-state index contributed by atoms with van der Waals surface area (Å²) in [6, 6.07) is 3.84. The molecule has 1 aliphatic heterocycles. The number of piperazine rings is 1. The maximum Gasteiger partial charge on any atom is 0.416 e. The van der Waals surface area contributed by atoms with Gasteiger partial charge in [0.25, 0.3) is 0 Å². The van der Waals surface area contributed by atoms with E-state index in [1.807, 2.05) is 0 Å². The number of hydrogen-bond acceptors (Lipinski definition) is 2. The summed E-state index contributed by atoms with van der Waals surface area (Å²) in [5.41, 5.74) is -0.110. The highest BCUT2D eigenvalue weighted by Gasteiger charge is 2.31. The van der Waals surface area contributed by atoms with Crippen molar-refractivity contribution in [2.45, 2.75) is 25.7 Å². The Morgan fingerprint density at radius 3 is 2.70 bits per heavy atom. The van der Waals surface area contributed by atoms with Crippen LogP contribution in [-0.4, -0.2) is 30.6 Å². The van der Waals surface area contributed by atoms with E-state index in [9.17, 15) is 13.2 Å². The van der Waals surface area contributed by atoms with E-state index in [2.05, 4.69) is 17.1 Å². The SMILES string of the molecule is C[C@@H]1CN(Cc2cc(C(F)(F)F)ccc2Cl)CCN1.Cl. The van der Waals surface area contributed by atoms with Crippen LogP contribution in [0, 0.1) is 0 Å². The number of nitrogens with one attached hydrogen (secondary N) is 1. The molecule has 0 radical (unpaired) electrons. The summed E-state index contributed by atoms with van der Waals surface area (Å²) in [7, 11) is 0. The number of alkyl halides is 3. The summed E-state index contributed by atoms with van der Waals surface area (Å²) in [6.07, 6.45) is -4.32. The molecule has 0 amide bonds. The van der Waals surface area contributed by atoms with Gasteiger partial charge in [-0.3, -0.25) is 4.90 Å². The molecule has 7 heteroatoms. The first-order chi connectivity index (χ1) is 8.86. The minimum atomic E-state index is -4.32. The molecule has 1 aromatic rings. The molecule has 1 aliphatic rings. The zero-order valence-corrected chi connectivity index (χ0v) is 12.6. The Bertz CT molecular complexity index is 452. The van der Waals surface area contributed by atoms with Gasteiger partial charge in [0.05, 0.1) is 5.56 Å². The second-order valence-corrected chi connectivity index (χ2v) is 5.30. The van der Waals surface area contributed by atoms with E-state index < -0.39 is 11.7 Å². The van der Waals surface area contributed by atoms with E-state index in [4.69, 9.17) is 11.6 Å². The van der Waals surface area contributed by atoms with Gasteiger partial charge >= 0.3 is 6.18 Å². The van der Waals surface area contributed by atoms with E-state index in [1.165, 1.54) is 6.07 Å². The van der Waals surface area contributed by atoms with Gasteiger partial charge in [0.1, 0.15) is 0 Å². The lowest BCUT2D eigenvalue weighted by atomic mass is 10.1. The quantitative estimate of drug-likeness (QED) is 0.892. The van der Waals surface area contributed by atoms with Gasteiger partial charge in [-0.25, -0.2) is 0 Å². The predicted molar refractivity (Wildman–Crippen MR) is 76.4 cm³/mol. The van der Waals surface area contributed by atoms with Crippen LogP contribution < -0.4 is 5.32 Å². The van der Waals surface area contributed by atoms with E-state index in [-0.39, 0.29) is 12.4 Å². The van der Waals surface area contributed by atoms with Crippen molar-refractivity contribution in [3.63, 3.8) is 0 Å². The predicted octanol–water partition coefficient (Wildman–Crippen LogP) is 3.57. The fourth-order valence-electron chi connectivity index (χ4n) is 2.27. The molecule has 0 aromatic heterocycles. The van der Waals surface area contributed by atoms with Crippen molar-refractivity contribution in [1.29, 1.82) is 0 Å². The highest BCUT2D eigenvalue weighted by molar-refractivity contribution is 6.31. The summed E-state index contributed by atoms with van der Waals surface area (Å²) in [4.78, 5) is 2.11. The Balaban J connectivity index is 0.00000200. The van der Waals surface area contributed by atoms with E-state index in [1.54, 1.807) is 0 Å². The minimum Gasteiger partial charge on any atom is -0.312 e. The fourth-order valence-corrected chi connectivity index (χ4v) is 2.45. The van der Waals surface area contributed by atoms with Crippen LogP contribution in [0.15, 0.2) is 18.2 Å². The van der Waals surface area contributed by atoms with Crippen molar-refractivity contribution in [3.8, 4) is 0 Å². The summed E-state index contributed by atoms with van der Waals surface area (Å²) in [6.45, 7) is 4.98. The zero-order chi connectivity index (χ0) is 14.0. The molecule has 2 nitrogen and oxygen atoms in total. The third-order valence-corrected chi connectivity index (χ3v) is 3.59. The Morgan fingerprint density at radius 2 is 2.10 bits per heavy atom. The summed E-state index contributed by atoms with van der Waals surface area (Å²) < 4.78 is 38.0. The van der Waals surface area contributed by atoms with Crippen molar-refractivity contribution in [2.24, 2.45) is 0 Å². The van der Waals surface area contributed by atoms with Crippen LogP contribution in [0.25, 0.3) is 0 Å². The van der Waals surface area contributed by atoms with E-state index >= 15 is 0 Å². The number of benzene rings is 1. The topological polar surface area (TPSA) is 15.3 Å². The Labute approximate surface area is 127 Å². The maximum absolute atomic E-state index is 12.7. The van der Waals surface area contributed by atoms with Gasteiger partial charge in [-0.05, 0) is 30.7 Å². The second-order valence-electron chi connectivity index (χ2n) is 4.89. The average Bonchev–Trinajstić information content (AvgIpc) is 2.30. The molecule has 1 N–H and O–H groups in total. The summed E-state index contributed by atoms with van der Waals surface area (Å²) >= 11 is 5.99. The van der Waals surface area contributed by atoms with Crippen molar-refractivity contribution in [2.75, 3.05) is 19.6 Å². The second kappa shape index (κ2) is 6.98. The zero-order valence-electron chi connectivity index (χ0n) is 11.0. The monoisotopic (exact) mass is 328 g/mol. The summed E-state index contributed by atoms with van der Waals surface area (Å²) in [5, 5.41) is 3.68. The van der Waals surface area contributed by atoms with Crippen LogP contribution in [0.2, 0.25) is 5.02 Å². The highest BCUT2D eigenvalue weighted by Crippen LogP contribution is 2.32. The average molecular weight is 329 g/mol. The van der Waals surface area contributed by atoms with Crippen LogP contribution in [0.3, 0.4) is 0 Å². The molecule has 114 valence electrons.